The minimum Gasteiger partial charge on any atom is -0.451 e. The minimum absolute atomic E-state index is 0.0620. The Kier molecular flexibility index (Phi) is 8.41. The van der Waals surface area contributed by atoms with E-state index in [-0.39, 0.29) is 17.7 Å². The lowest BCUT2D eigenvalue weighted by Gasteiger charge is -2.39. The van der Waals surface area contributed by atoms with Crippen molar-refractivity contribution in [1.82, 2.24) is 15.3 Å². The molecule has 8 heteroatoms. The van der Waals surface area contributed by atoms with Crippen LogP contribution in [0.15, 0.2) is 65.1 Å². The van der Waals surface area contributed by atoms with E-state index in [4.69, 9.17) is 10.3 Å². The zero-order valence-corrected chi connectivity index (χ0v) is 18.8. The largest absolute Gasteiger partial charge is 0.451 e. The predicted octanol–water partition coefficient (Wildman–Crippen LogP) is 3.60. The van der Waals surface area contributed by atoms with Gasteiger partial charge in [0.25, 0.3) is 0 Å². The van der Waals surface area contributed by atoms with Crippen LogP contribution in [0.3, 0.4) is 0 Å². The molecular formula is C26H28F2N4O2. The number of nitrogens with one attached hydrogen (secondary N) is 1. The first-order valence-corrected chi connectivity index (χ1v) is 11.3. The summed E-state index contributed by atoms with van der Waals surface area (Å²) in [6, 6.07) is 16.9. The van der Waals surface area contributed by atoms with Gasteiger partial charge in [-0.3, -0.25) is 9.80 Å². The summed E-state index contributed by atoms with van der Waals surface area (Å²) < 4.78 is 32.9. The van der Waals surface area contributed by atoms with Gasteiger partial charge in [0.15, 0.2) is 5.76 Å². The van der Waals surface area contributed by atoms with Crippen molar-refractivity contribution in [2.45, 2.75) is 19.0 Å². The van der Waals surface area contributed by atoms with Crippen LogP contribution >= 0.6 is 0 Å². The van der Waals surface area contributed by atoms with Gasteiger partial charge in [-0.15, -0.1) is 0 Å². The van der Waals surface area contributed by atoms with E-state index in [1.807, 2.05) is 12.1 Å². The van der Waals surface area contributed by atoms with Gasteiger partial charge >= 0.3 is 0 Å². The number of nitrogens with two attached hydrogens (primary N) is 1. The lowest BCUT2D eigenvalue weighted by atomic mass is 9.96. The van der Waals surface area contributed by atoms with Crippen molar-refractivity contribution >= 4 is 0 Å². The highest BCUT2D eigenvalue weighted by atomic mass is 19.1. The van der Waals surface area contributed by atoms with Gasteiger partial charge in [0.2, 0.25) is 0 Å². The van der Waals surface area contributed by atoms with Crippen molar-refractivity contribution in [1.29, 1.82) is 0 Å². The lowest BCUT2D eigenvalue weighted by molar-refractivity contribution is 0.0425. The maximum absolute atomic E-state index is 13.5. The molecule has 0 saturated carbocycles. The summed E-state index contributed by atoms with van der Waals surface area (Å²) in [6.07, 6.45) is 0.596. The summed E-state index contributed by atoms with van der Waals surface area (Å²) in [5.74, 6) is 11.9. The first-order valence-electron chi connectivity index (χ1n) is 11.3. The Labute approximate surface area is 198 Å². The summed E-state index contributed by atoms with van der Waals surface area (Å²) in [5.41, 5.74) is 4.51. The molecule has 0 radical (unpaired) electrons. The standard InChI is InChI=1S/C26H28F2N4O2/c27-22-8-4-20(5-9-22)26(21-6-10-23(28)11-7-21)32-17-15-31(16-18-32)19-25-13-12-24(33-25)3-1-2-14-30-34-29/h4-13,26,30H,2,14-19,29H2. The van der Waals surface area contributed by atoms with E-state index < -0.39 is 0 Å². The number of hydrogen-bond donors (Lipinski definition) is 2. The number of hydroxylamine groups is 1. The van der Waals surface area contributed by atoms with E-state index in [0.717, 1.165) is 43.1 Å². The molecule has 3 N–H and O–H groups in total. The Hall–Kier alpha value is -3.06. The average Bonchev–Trinajstić information content (AvgIpc) is 3.30. The molecule has 1 fully saturated rings. The predicted molar refractivity (Wildman–Crippen MR) is 125 cm³/mol. The van der Waals surface area contributed by atoms with Crippen molar-refractivity contribution in [3.05, 3.63) is 94.9 Å². The van der Waals surface area contributed by atoms with Crippen LogP contribution < -0.4 is 11.4 Å². The number of nitrogens with zero attached hydrogens (tertiary/aromatic N) is 2. The summed E-state index contributed by atoms with van der Waals surface area (Å²) in [6.45, 7) is 4.59. The smallest absolute Gasteiger partial charge is 0.177 e. The normalized spacial score (nSPS) is 14.8. The molecule has 0 bridgehead atoms. The molecule has 1 aliphatic rings. The zero-order chi connectivity index (χ0) is 23.8. The number of piperazine rings is 1. The van der Waals surface area contributed by atoms with Crippen molar-refractivity contribution in [2.24, 2.45) is 5.90 Å². The minimum atomic E-state index is -0.268. The molecule has 178 valence electrons. The molecule has 0 aliphatic carbocycles. The average molecular weight is 467 g/mol. The maximum Gasteiger partial charge on any atom is 0.177 e. The molecule has 34 heavy (non-hydrogen) atoms. The monoisotopic (exact) mass is 466 g/mol. The van der Waals surface area contributed by atoms with Gasteiger partial charge < -0.3 is 4.42 Å². The molecule has 2 aromatic carbocycles. The molecular weight excluding hydrogens is 438 g/mol. The highest BCUT2D eigenvalue weighted by Gasteiger charge is 2.27. The number of hydrogen-bond acceptors (Lipinski definition) is 6. The summed E-state index contributed by atoms with van der Waals surface area (Å²) >= 11 is 0. The van der Waals surface area contributed by atoms with E-state index in [1.54, 1.807) is 24.3 Å². The van der Waals surface area contributed by atoms with Crippen molar-refractivity contribution in [3.8, 4) is 11.8 Å². The summed E-state index contributed by atoms with van der Waals surface area (Å²) in [7, 11) is 0. The highest BCUT2D eigenvalue weighted by Crippen LogP contribution is 2.30. The molecule has 0 spiro atoms. The molecule has 0 unspecified atom stereocenters. The Morgan fingerprint density at radius 1 is 0.912 bits per heavy atom. The second-order valence-electron chi connectivity index (χ2n) is 8.15. The topological polar surface area (TPSA) is 66.9 Å². The van der Waals surface area contributed by atoms with E-state index in [2.05, 4.69) is 32.1 Å². The van der Waals surface area contributed by atoms with Crippen LogP contribution in [0.25, 0.3) is 0 Å². The molecule has 1 saturated heterocycles. The van der Waals surface area contributed by atoms with E-state index in [9.17, 15) is 8.78 Å². The van der Waals surface area contributed by atoms with Gasteiger partial charge in [-0.1, -0.05) is 30.2 Å². The van der Waals surface area contributed by atoms with Crippen LogP contribution in [0.5, 0.6) is 0 Å². The van der Waals surface area contributed by atoms with Crippen LogP contribution in [0, 0.1) is 23.5 Å². The van der Waals surface area contributed by atoms with Gasteiger partial charge in [-0.2, -0.15) is 11.4 Å². The van der Waals surface area contributed by atoms with Crippen LogP contribution in [0.1, 0.15) is 35.1 Å². The number of benzene rings is 2. The molecule has 1 aromatic heterocycles. The van der Waals surface area contributed by atoms with Crippen LogP contribution in [-0.2, 0) is 11.5 Å². The number of rotatable bonds is 8. The fourth-order valence-electron chi connectivity index (χ4n) is 4.16. The molecule has 3 aromatic rings. The van der Waals surface area contributed by atoms with E-state index in [0.29, 0.717) is 25.3 Å². The third kappa shape index (κ3) is 6.50. The Balaban J connectivity index is 1.37. The molecule has 4 rings (SSSR count). The fourth-order valence-corrected chi connectivity index (χ4v) is 4.16. The van der Waals surface area contributed by atoms with Crippen LogP contribution in [-0.4, -0.2) is 42.5 Å². The summed E-state index contributed by atoms with van der Waals surface area (Å²) in [5, 5.41) is 0. The fraction of sp³-hybridized carbons (Fsp3) is 0.308. The van der Waals surface area contributed by atoms with Gasteiger partial charge in [0.05, 0.1) is 12.6 Å². The van der Waals surface area contributed by atoms with Gasteiger partial charge in [-0.25, -0.2) is 13.7 Å². The molecule has 6 nitrogen and oxygen atoms in total. The highest BCUT2D eigenvalue weighted by molar-refractivity contribution is 5.32. The number of halogens is 2. The second kappa shape index (κ2) is 11.9. The molecule has 0 amide bonds. The SMILES string of the molecule is NONCCC#Cc1ccc(CN2CCN(C(c3ccc(F)cc3)c3ccc(F)cc3)CC2)o1. The lowest BCUT2D eigenvalue weighted by Crippen LogP contribution is -2.47. The molecule has 1 aliphatic heterocycles. The molecule has 0 atom stereocenters. The first kappa shape index (κ1) is 24.1. The maximum atomic E-state index is 13.5. The van der Waals surface area contributed by atoms with Gasteiger partial charge in [-0.05, 0) is 53.4 Å². The second-order valence-corrected chi connectivity index (χ2v) is 8.15. The van der Waals surface area contributed by atoms with Gasteiger partial charge in [0, 0.05) is 39.1 Å². The Morgan fingerprint density at radius 2 is 1.53 bits per heavy atom. The summed E-state index contributed by atoms with van der Waals surface area (Å²) in [4.78, 5) is 8.98. The Morgan fingerprint density at radius 3 is 2.12 bits per heavy atom. The first-order chi connectivity index (χ1) is 16.6. The van der Waals surface area contributed by atoms with Crippen LogP contribution in [0.2, 0.25) is 0 Å². The van der Waals surface area contributed by atoms with Crippen molar-refractivity contribution in [2.75, 3.05) is 32.7 Å². The van der Waals surface area contributed by atoms with E-state index >= 15 is 0 Å². The third-order valence-electron chi connectivity index (χ3n) is 5.83. The zero-order valence-electron chi connectivity index (χ0n) is 18.8. The van der Waals surface area contributed by atoms with Crippen molar-refractivity contribution < 1.29 is 18.1 Å². The van der Waals surface area contributed by atoms with Crippen molar-refractivity contribution in [3.63, 3.8) is 0 Å². The van der Waals surface area contributed by atoms with Gasteiger partial charge in [0.1, 0.15) is 17.4 Å². The van der Waals surface area contributed by atoms with Crippen LogP contribution in [0.4, 0.5) is 8.78 Å². The quantitative estimate of drug-likeness (QED) is 0.301. The number of furan rings is 1. The molecule has 2 heterocycles. The third-order valence-corrected chi connectivity index (χ3v) is 5.83. The van der Waals surface area contributed by atoms with E-state index in [1.165, 1.54) is 24.3 Å². The Bertz CT molecular complexity index is 1050.